The zero-order chi connectivity index (χ0) is 13.0. The Morgan fingerprint density at radius 2 is 2.00 bits per heavy atom. The lowest BCUT2D eigenvalue weighted by molar-refractivity contribution is 0.0599. The van der Waals surface area contributed by atoms with Gasteiger partial charge in [0.2, 0.25) is 0 Å². The van der Waals surface area contributed by atoms with Gasteiger partial charge in [-0.2, -0.15) is 0 Å². The number of hydrogen-bond acceptors (Lipinski definition) is 3. The first-order valence-corrected chi connectivity index (χ1v) is 6.06. The number of aromatic amines is 1. The summed E-state index contributed by atoms with van der Waals surface area (Å²) in [5.41, 5.74) is 1.21. The molecule has 1 aromatic rings. The minimum Gasteiger partial charge on any atom is -0.375 e. The SMILES string of the molecule is CO[C@@H](c1ncc(CC(C)C)[nH]c1=O)C(C)C. The quantitative estimate of drug-likeness (QED) is 0.856. The molecule has 96 valence electrons. The second-order valence-electron chi connectivity index (χ2n) is 5.12. The van der Waals surface area contributed by atoms with Crippen LogP contribution in [0.5, 0.6) is 0 Å². The van der Waals surface area contributed by atoms with E-state index in [0.717, 1.165) is 12.1 Å². The second kappa shape index (κ2) is 5.96. The van der Waals surface area contributed by atoms with Crippen molar-refractivity contribution in [2.75, 3.05) is 7.11 Å². The van der Waals surface area contributed by atoms with Crippen molar-refractivity contribution in [1.29, 1.82) is 0 Å². The van der Waals surface area contributed by atoms with Gasteiger partial charge in [0.1, 0.15) is 11.8 Å². The molecule has 0 unspecified atom stereocenters. The van der Waals surface area contributed by atoms with Crippen LogP contribution in [0.4, 0.5) is 0 Å². The van der Waals surface area contributed by atoms with Gasteiger partial charge in [0.15, 0.2) is 0 Å². The lowest BCUT2D eigenvalue weighted by Crippen LogP contribution is -2.24. The molecule has 1 heterocycles. The van der Waals surface area contributed by atoms with Gasteiger partial charge >= 0.3 is 0 Å². The first-order valence-electron chi connectivity index (χ1n) is 6.06. The Morgan fingerprint density at radius 1 is 1.35 bits per heavy atom. The molecule has 1 atom stereocenters. The molecule has 0 radical (unpaired) electrons. The monoisotopic (exact) mass is 238 g/mol. The number of methoxy groups -OCH3 is 1. The van der Waals surface area contributed by atoms with Gasteiger partial charge in [0, 0.05) is 19.0 Å². The fourth-order valence-corrected chi connectivity index (χ4v) is 1.89. The second-order valence-corrected chi connectivity index (χ2v) is 5.12. The highest BCUT2D eigenvalue weighted by Gasteiger charge is 2.20. The maximum atomic E-state index is 11.9. The van der Waals surface area contributed by atoms with Gasteiger partial charge in [-0.3, -0.25) is 9.78 Å². The van der Waals surface area contributed by atoms with Gasteiger partial charge < -0.3 is 9.72 Å². The first-order chi connectivity index (χ1) is 7.95. The average molecular weight is 238 g/mol. The van der Waals surface area contributed by atoms with Gasteiger partial charge in [-0.05, 0) is 18.3 Å². The van der Waals surface area contributed by atoms with Crippen molar-refractivity contribution in [3.8, 4) is 0 Å². The fraction of sp³-hybridized carbons (Fsp3) is 0.692. The molecule has 0 aromatic carbocycles. The van der Waals surface area contributed by atoms with E-state index < -0.39 is 0 Å². The predicted molar refractivity (Wildman–Crippen MR) is 68.0 cm³/mol. The smallest absolute Gasteiger partial charge is 0.272 e. The zero-order valence-electron chi connectivity index (χ0n) is 11.3. The van der Waals surface area contributed by atoms with Gasteiger partial charge in [0.05, 0.1) is 0 Å². The maximum absolute atomic E-state index is 11.9. The van der Waals surface area contributed by atoms with E-state index in [0.29, 0.717) is 11.6 Å². The molecule has 0 saturated heterocycles. The highest BCUT2D eigenvalue weighted by atomic mass is 16.5. The Morgan fingerprint density at radius 3 is 2.41 bits per heavy atom. The van der Waals surface area contributed by atoms with Crippen molar-refractivity contribution in [2.45, 2.75) is 40.2 Å². The highest BCUT2D eigenvalue weighted by Crippen LogP contribution is 2.20. The molecule has 0 aliphatic heterocycles. The predicted octanol–water partition coefficient (Wildman–Crippen LogP) is 2.31. The van der Waals surface area contributed by atoms with Crippen molar-refractivity contribution in [3.63, 3.8) is 0 Å². The molecule has 0 spiro atoms. The fourth-order valence-electron chi connectivity index (χ4n) is 1.89. The minimum absolute atomic E-state index is 0.135. The summed E-state index contributed by atoms with van der Waals surface area (Å²) in [7, 11) is 1.60. The van der Waals surface area contributed by atoms with Crippen LogP contribution in [0, 0.1) is 11.8 Å². The normalized spacial score (nSPS) is 13.4. The van der Waals surface area contributed by atoms with E-state index in [4.69, 9.17) is 4.74 Å². The molecule has 0 fully saturated rings. The number of nitrogens with zero attached hydrogens (tertiary/aromatic N) is 1. The minimum atomic E-state index is -0.244. The van der Waals surface area contributed by atoms with Crippen LogP contribution in [0.25, 0.3) is 0 Å². The molecular formula is C13H22N2O2. The Hall–Kier alpha value is -1.16. The number of H-pyrrole nitrogens is 1. The standard InChI is InChI=1S/C13H22N2O2/c1-8(2)6-10-7-14-11(13(16)15-10)12(17-5)9(3)4/h7-9,12H,6H2,1-5H3,(H,15,16)/t12-/m1/s1. The van der Waals surface area contributed by atoms with Crippen molar-refractivity contribution in [3.05, 3.63) is 27.9 Å². The van der Waals surface area contributed by atoms with Gasteiger partial charge in [-0.15, -0.1) is 0 Å². The molecule has 17 heavy (non-hydrogen) atoms. The highest BCUT2D eigenvalue weighted by molar-refractivity contribution is 5.07. The van der Waals surface area contributed by atoms with Crippen LogP contribution in [0.1, 0.15) is 45.2 Å². The Bertz CT molecular complexity index is 410. The summed E-state index contributed by atoms with van der Waals surface area (Å²) >= 11 is 0. The summed E-state index contributed by atoms with van der Waals surface area (Å²) in [5.74, 6) is 0.728. The molecule has 4 nitrogen and oxygen atoms in total. The third-order valence-electron chi connectivity index (χ3n) is 2.62. The Balaban J connectivity index is 3.00. The molecule has 1 N–H and O–H groups in total. The topological polar surface area (TPSA) is 55.0 Å². The van der Waals surface area contributed by atoms with Crippen molar-refractivity contribution < 1.29 is 4.74 Å². The van der Waals surface area contributed by atoms with Gasteiger partial charge in [-0.1, -0.05) is 27.7 Å². The Labute approximate surface area is 102 Å². The third kappa shape index (κ3) is 3.66. The largest absolute Gasteiger partial charge is 0.375 e. The van der Waals surface area contributed by atoms with Crippen LogP contribution in [-0.2, 0) is 11.2 Å². The van der Waals surface area contributed by atoms with Crippen LogP contribution in [0.3, 0.4) is 0 Å². The number of rotatable bonds is 5. The van der Waals surface area contributed by atoms with E-state index in [2.05, 4.69) is 23.8 Å². The van der Waals surface area contributed by atoms with Crippen LogP contribution >= 0.6 is 0 Å². The molecule has 1 aromatic heterocycles. The number of hydrogen-bond donors (Lipinski definition) is 1. The third-order valence-corrected chi connectivity index (χ3v) is 2.62. The molecule has 4 heteroatoms. The van der Waals surface area contributed by atoms with E-state index in [9.17, 15) is 4.79 Å². The van der Waals surface area contributed by atoms with Gasteiger partial charge in [-0.25, -0.2) is 0 Å². The molecule has 0 saturated carbocycles. The Kier molecular flexibility index (Phi) is 4.87. The van der Waals surface area contributed by atoms with Crippen molar-refractivity contribution >= 4 is 0 Å². The summed E-state index contributed by atoms with van der Waals surface area (Å²) in [5, 5.41) is 0. The van der Waals surface area contributed by atoms with E-state index >= 15 is 0 Å². The molecule has 0 aliphatic rings. The van der Waals surface area contributed by atoms with E-state index in [-0.39, 0.29) is 17.6 Å². The lowest BCUT2D eigenvalue weighted by Gasteiger charge is -2.17. The van der Waals surface area contributed by atoms with Crippen molar-refractivity contribution in [1.82, 2.24) is 9.97 Å². The molecule has 1 rings (SSSR count). The summed E-state index contributed by atoms with van der Waals surface area (Å²) in [6.45, 7) is 8.24. The van der Waals surface area contributed by atoms with E-state index in [1.54, 1.807) is 13.3 Å². The summed E-state index contributed by atoms with van der Waals surface area (Å²) in [6.07, 6.45) is 2.33. The number of aromatic nitrogens is 2. The molecular weight excluding hydrogens is 216 g/mol. The number of ether oxygens (including phenoxy) is 1. The average Bonchev–Trinajstić information content (AvgIpc) is 2.20. The first kappa shape index (κ1) is 13.9. The van der Waals surface area contributed by atoms with Crippen LogP contribution in [-0.4, -0.2) is 17.1 Å². The molecule has 0 aliphatic carbocycles. The van der Waals surface area contributed by atoms with E-state index in [1.165, 1.54) is 0 Å². The van der Waals surface area contributed by atoms with Crippen molar-refractivity contribution in [2.24, 2.45) is 11.8 Å². The summed E-state index contributed by atoms with van der Waals surface area (Å²) in [6, 6.07) is 0. The van der Waals surface area contributed by atoms with Crippen LogP contribution < -0.4 is 5.56 Å². The number of nitrogens with one attached hydrogen (secondary N) is 1. The zero-order valence-corrected chi connectivity index (χ0v) is 11.3. The maximum Gasteiger partial charge on any atom is 0.272 e. The summed E-state index contributed by atoms with van der Waals surface area (Å²) < 4.78 is 5.32. The lowest BCUT2D eigenvalue weighted by atomic mass is 10.0. The summed E-state index contributed by atoms with van der Waals surface area (Å²) in [4.78, 5) is 19.1. The van der Waals surface area contributed by atoms with Crippen LogP contribution in [0.2, 0.25) is 0 Å². The van der Waals surface area contributed by atoms with Crippen LogP contribution in [0.15, 0.2) is 11.0 Å². The van der Waals surface area contributed by atoms with E-state index in [1.807, 2.05) is 13.8 Å². The van der Waals surface area contributed by atoms with Gasteiger partial charge in [0.25, 0.3) is 5.56 Å². The molecule has 0 amide bonds. The molecule has 0 bridgehead atoms.